The number of carbonyl (C=O) groups is 2. The largest absolute Gasteiger partial charge is 0.355 e. The highest BCUT2D eigenvalue weighted by Gasteiger charge is 2.07. The Bertz CT molecular complexity index is 409. The molecule has 0 aliphatic heterocycles. The summed E-state index contributed by atoms with van der Waals surface area (Å²) >= 11 is 3.17. The smallest absolute Gasteiger partial charge is 0.251 e. The highest BCUT2D eigenvalue weighted by Crippen LogP contribution is 2.07. The molecule has 5 nitrogen and oxygen atoms in total. The van der Waals surface area contributed by atoms with Crippen LogP contribution in [0, 0.1) is 0 Å². The SMILES string of the molecule is CCCNC(=O)CNC(=O)c1ccnc(Br)c1. The van der Waals surface area contributed by atoms with Crippen LogP contribution in [0.1, 0.15) is 23.7 Å². The molecule has 0 bridgehead atoms. The number of halogens is 1. The van der Waals surface area contributed by atoms with Crippen LogP contribution < -0.4 is 10.6 Å². The second-order valence-corrected chi connectivity index (χ2v) is 4.21. The fourth-order valence-corrected chi connectivity index (χ4v) is 1.50. The van der Waals surface area contributed by atoms with Crippen LogP contribution in [-0.2, 0) is 4.79 Å². The van der Waals surface area contributed by atoms with Gasteiger partial charge in [0.2, 0.25) is 5.91 Å². The van der Waals surface area contributed by atoms with Crippen molar-refractivity contribution in [3.63, 3.8) is 0 Å². The van der Waals surface area contributed by atoms with Crippen molar-refractivity contribution in [2.75, 3.05) is 13.1 Å². The van der Waals surface area contributed by atoms with Crippen LogP contribution >= 0.6 is 15.9 Å². The molecule has 1 aromatic rings. The number of pyridine rings is 1. The van der Waals surface area contributed by atoms with Crippen LogP contribution in [0.3, 0.4) is 0 Å². The maximum atomic E-state index is 11.6. The first-order chi connectivity index (χ1) is 8.13. The van der Waals surface area contributed by atoms with Gasteiger partial charge in [0.05, 0.1) is 6.54 Å². The monoisotopic (exact) mass is 299 g/mol. The number of amides is 2. The molecule has 92 valence electrons. The summed E-state index contributed by atoms with van der Waals surface area (Å²) in [6.07, 6.45) is 2.40. The van der Waals surface area contributed by atoms with E-state index >= 15 is 0 Å². The van der Waals surface area contributed by atoms with Gasteiger partial charge < -0.3 is 10.6 Å². The summed E-state index contributed by atoms with van der Waals surface area (Å²) in [5, 5.41) is 5.21. The molecule has 17 heavy (non-hydrogen) atoms. The molecule has 1 rings (SSSR count). The zero-order chi connectivity index (χ0) is 12.7. The predicted molar refractivity (Wildman–Crippen MR) is 67.6 cm³/mol. The Kier molecular flexibility index (Phi) is 5.62. The molecule has 0 aromatic carbocycles. The number of aromatic nitrogens is 1. The number of nitrogens with zero attached hydrogens (tertiary/aromatic N) is 1. The van der Waals surface area contributed by atoms with Gasteiger partial charge >= 0.3 is 0 Å². The Labute approximate surface area is 108 Å². The zero-order valence-electron chi connectivity index (χ0n) is 9.50. The first kappa shape index (κ1) is 13.6. The van der Waals surface area contributed by atoms with Crippen molar-refractivity contribution in [3.8, 4) is 0 Å². The topological polar surface area (TPSA) is 71.1 Å². The van der Waals surface area contributed by atoms with Gasteiger partial charge in [-0.05, 0) is 34.5 Å². The third kappa shape index (κ3) is 4.95. The Balaban J connectivity index is 2.42. The molecule has 0 fully saturated rings. The molecule has 0 saturated carbocycles. The van der Waals surface area contributed by atoms with E-state index < -0.39 is 0 Å². The average molecular weight is 300 g/mol. The fourth-order valence-electron chi connectivity index (χ4n) is 1.13. The molecule has 0 unspecified atom stereocenters. The van der Waals surface area contributed by atoms with Crippen molar-refractivity contribution in [2.24, 2.45) is 0 Å². The molecule has 1 heterocycles. The molecule has 0 saturated heterocycles. The fraction of sp³-hybridized carbons (Fsp3) is 0.364. The van der Waals surface area contributed by atoms with Gasteiger partial charge in [-0.2, -0.15) is 0 Å². The Morgan fingerprint density at radius 1 is 1.41 bits per heavy atom. The van der Waals surface area contributed by atoms with E-state index in [1.165, 1.54) is 6.20 Å². The molecule has 2 N–H and O–H groups in total. The Morgan fingerprint density at radius 2 is 2.18 bits per heavy atom. The lowest BCUT2D eigenvalue weighted by Crippen LogP contribution is -2.37. The molecule has 6 heteroatoms. The van der Waals surface area contributed by atoms with E-state index in [1.54, 1.807) is 12.1 Å². The predicted octanol–water partition coefficient (Wildman–Crippen LogP) is 1.10. The zero-order valence-corrected chi connectivity index (χ0v) is 11.1. The molecule has 0 aliphatic carbocycles. The molecule has 0 spiro atoms. The van der Waals surface area contributed by atoms with Gasteiger partial charge in [-0.1, -0.05) is 6.92 Å². The minimum Gasteiger partial charge on any atom is -0.355 e. The molecule has 0 radical (unpaired) electrons. The van der Waals surface area contributed by atoms with Crippen LogP contribution in [0.5, 0.6) is 0 Å². The normalized spacial score (nSPS) is 9.76. The standard InChI is InChI=1S/C11H14BrN3O2/c1-2-4-14-10(16)7-15-11(17)8-3-5-13-9(12)6-8/h3,5-6H,2,4,7H2,1H3,(H,14,16)(H,15,17). The highest BCUT2D eigenvalue weighted by molar-refractivity contribution is 9.10. The van der Waals surface area contributed by atoms with E-state index in [0.29, 0.717) is 16.7 Å². The van der Waals surface area contributed by atoms with Gasteiger partial charge in [0.25, 0.3) is 5.91 Å². The number of carbonyl (C=O) groups excluding carboxylic acids is 2. The van der Waals surface area contributed by atoms with Gasteiger partial charge in [-0.3, -0.25) is 9.59 Å². The molecule has 0 aliphatic rings. The minimum atomic E-state index is -0.292. The summed E-state index contributed by atoms with van der Waals surface area (Å²) in [4.78, 5) is 26.8. The summed E-state index contributed by atoms with van der Waals surface area (Å²) < 4.78 is 0.584. The Morgan fingerprint density at radius 3 is 2.82 bits per heavy atom. The average Bonchev–Trinajstić information content (AvgIpc) is 2.33. The summed E-state index contributed by atoms with van der Waals surface area (Å²) in [6, 6.07) is 3.18. The highest BCUT2D eigenvalue weighted by atomic mass is 79.9. The summed E-state index contributed by atoms with van der Waals surface area (Å²) in [5.74, 6) is -0.479. The van der Waals surface area contributed by atoms with E-state index in [1.807, 2.05) is 6.92 Å². The van der Waals surface area contributed by atoms with Crippen LogP contribution in [0.25, 0.3) is 0 Å². The van der Waals surface area contributed by atoms with Crippen molar-refractivity contribution in [1.29, 1.82) is 0 Å². The lowest BCUT2D eigenvalue weighted by atomic mass is 10.2. The van der Waals surface area contributed by atoms with Gasteiger partial charge in [-0.15, -0.1) is 0 Å². The van der Waals surface area contributed by atoms with E-state index in [-0.39, 0.29) is 18.4 Å². The van der Waals surface area contributed by atoms with Crippen LogP contribution in [0.2, 0.25) is 0 Å². The maximum Gasteiger partial charge on any atom is 0.251 e. The first-order valence-corrected chi connectivity index (χ1v) is 6.09. The first-order valence-electron chi connectivity index (χ1n) is 5.30. The van der Waals surface area contributed by atoms with Gasteiger partial charge in [0, 0.05) is 18.3 Å². The van der Waals surface area contributed by atoms with Gasteiger partial charge in [-0.25, -0.2) is 4.98 Å². The van der Waals surface area contributed by atoms with Crippen molar-refractivity contribution in [1.82, 2.24) is 15.6 Å². The van der Waals surface area contributed by atoms with E-state index in [4.69, 9.17) is 0 Å². The summed E-state index contributed by atoms with van der Waals surface area (Å²) in [6.45, 7) is 2.57. The molecule has 0 atom stereocenters. The van der Waals surface area contributed by atoms with E-state index in [9.17, 15) is 9.59 Å². The molecule has 2 amide bonds. The third-order valence-electron chi connectivity index (χ3n) is 1.97. The van der Waals surface area contributed by atoms with Crippen molar-refractivity contribution >= 4 is 27.7 Å². The quantitative estimate of drug-likeness (QED) is 0.800. The number of hydrogen-bond acceptors (Lipinski definition) is 3. The summed E-state index contributed by atoms with van der Waals surface area (Å²) in [5.41, 5.74) is 0.468. The van der Waals surface area contributed by atoms with Crippen LogP contribution in [-0.4, -0.2) is 29.9 Å². The number of hydrogen-bond donors (Lipinski definition) is 2. The van der Waals surface area contributed by atoms with Gasteiger partial charge in [0.15, 0.2) is 0 Å². The van der Waals surface area contributed by atoms with Crippen molar-refractivity contribution in [2.45, 2.75) is 13.3 Å². The van der Waals surface area contributed by atoms with Gasteiger partial charge in [0.1, 0.15) is 4.60 Å². The van der Waals surface area contributed by atoms with Crippen LogP contribution in [0.15, 0.2) is 22.9 Å². The second-order valence-electron chi connectivity index (χ2n) is 3.40. The van der Waals surface area contributed by atoms with E-state index in [2.05, 4.69) is 31.5 Å². The molecular formula is C11H14BrN3O2. The van der Waals surface area contributed by atoms with Crippen molar-refractivity contribution < 1.29 is 9.59 Å². The van der Waals surface area contributed by atoms with E-state index in [0.717, 1.165) is 6.42 Å². The van der Waals surface area contributed by atoms with Crippen molar-refractivity contribution in [3.05, 3.63) is 28.5 Å². The lowest BCUT2D eigenvalue weighted by molar-refractivity contribution is -0.120. The van der Waals surface area contributed by atoms with Crippen LogP contribution in [0.4, 0.5) is 0 Å². The number of rotatable bonds is 5. The minimum absolute atomic E-state index is 0.0151. The maximum absolute atomic E-state index is 11.6. The lowest BCUT2D eigenvalue weighted by Gasteiger charge is -2.06. The Hall–Kier alpha value is -1.43. The second kappa shape index (κ2) is 7.01. The third-order valence-corrected chi connectivity index (χ3v) is 2.40. The molecular weight excluding hydrogens is 286 g/mol. The number of nitrogens with one attached hydrogen (secondary N) is 2. The summed E-state index contributed by atoms with van der Waals surface area (Å²) in [7, 11) is 0. The molecule has 1 aromatic heterocycles.